The van der Waals surface area contributed by atoms with Crippen molar-refractivity contribution in [2.24, 2.45) is 0 Å². The lowest BCUT2D eigenvalue weighted by Crippen LogP contribution is -2.17. The highest BCUT2D eigenvalue weighted by atomic mass is 79.9. The van der Waals surface area contributed by atoms with Crippen LogP contribution in [0.2, 0.25) is 0 Å². The van der Waals surface area contributed by atoms with Crippen molar-refractivity contribution >= 4 is 15.9 Å². The minimum Gasteiger partial charge on any atom is -0.286 e. The molecule has 4 heteroatoms. The molecule has 0 radical (unpaired) electrons. The van der Waals surface area contributed by atoms with E-state index in [2.05, 4.69) is 25.7 Å². The van der Waals surface area contributed by atoms with Gasteiger partial charge < -0.3 is 0 Å². The maximum Gasteiger partial charge on any atom is 0.272 e. The second-order valence-electron chi connectivity index (χ2n) is 5.57. The molecule has 0 saturated heterocycles. The molecule has 1 aromatic carbocycles. The molecular weight excluding hydrogens is 316 g/mol. The second-order valence-corrected chi connectivity index (χ2v) is 6.49. The van der Waals surface area contributed by atoms with E-state index in [-0.39, 0.29) is 5.56 Å². The number of rotatable bonds is 2. The lowest BCUT2D eigenvalue weighted by Gasteiger charge is -2.24. The van der Waals surface area contributed by atoms with Crippen molar-refractivity contribution < 1.29 is 0 Å². The Morgan fingerprint density at radius 3 is 2.45 bits per heavy atom. The van der Waals surface area contributed by atoms with E-state index >= 15 is 0 Å². The minimum absolute atomic E-state index is 0.0235. The van der Waals surface area contributed by atoms with Gasteiger partial charge in [-0.3, -0.25) is 14.6 Å². The lowest BCUT2D eigenvalue weighted by atomic mass is 9.95. The number of aromatic amines is 1. The van der Waals surface area contributed by atoms with E-state index in [1.165, 1.54) is 32.1 Å². The summed E-state index contributed by atoms with van der Waals surface area (Å²) in [6.07, 6.45) is 6.19. The number of aromatic nitrogens is 2. The molecule has 1 saturated carbocycles. The van der Waals surface area contributed by atoms with Gasteiger partial charge in [0.05, 0.1) is 11.6 Å². The third kappa shape index (κ3) is 2.49. The Morgan fingerprint density at radius 1 is 1.15 bits per heavy atom. The van der Waals surface area contributed by atoms with Crippen LogP contribution in [0.4, 0.5) is 0 Å². The van der Waals surface area contributed by atoms with Crippen LogP contribution < -0.4 is 5.56 Å². The molecule has 2 aromatic rings. The van der Waals surface area contributed by atoms with Crippen LogP contribution in [0.15, 0.2) is 33.5 Å². The summed E-state index contributed by atoms with van der Waals surface area (Å²) in [5.41, 5.74) is 2.88. The molecule has 1 aliphatic rings. The highest BCUT2D eigenvalue weighted by Crippen LogP contribution is 2.30. The van der Waals surface area contributed by atoms with Crippen LogP contribution in [-0.4, -0.2) is 9.78 Å². The van der Waals surface area contributed by atoms with Crippen LogP contribution in [0.3, 0.4) is 0 Å². The predicted octanol–water partition coefficient (Wildman–Crippen LogP) is 4.42. The number of hydrogen-bond donors (Lipinski definition) is 1. The Kier molecular flexibility index (Phi) is 3.83. The summed E-state index contributed by atoms with van der Waals surface area (Å²) < 4.78 is 3.13. The molecule has 0 bridgehead atoms. The average Bonchev–Trinajstić information content (AvgIpc) is 2.76. The Bertz CT molecular complexity index is 648. The summed E-state index contributed by atoms with van der Waals surface area (Å²) in [6.45, 7) is 2.05. The van der Waals surface area contributed by atoms with Crippen molar-refractivity contribution in [1.29, 1.82) is 0 Å². The van der Waals surface area contributed by atoms with Gasteiger partial charge in [-0.25, -0.2) is 0 Å². The molecule has 3 nitrogen and oxygen atoms in total. The maximum atomic E-state index is 12.3. The van der Waals surface area contributed by atoms with E-state index in [9.17, 15) is 4.79 Å². The van der Waals surface area contributed by atoms with Gasteiger partial charge in [-0.2, -0.15) is 0 Å². The van der Waals surface area contributed by atoms with Crippen molar-refractivity contribution in [2.45, 2.75) is 45.1 Å². The van der Waals surface area contributed by atoms with Crippen LogP contribution in [0.25, 0.3) is 11.1 Å². The average molecular weight is 335 g/mol. The van der Waals surface area contributed by atoms with Crippen molar-refractivity contribution in [3.05, 3.63) is 44.8 Å². The molecule has 1 N–H and O–H groups in total. The van der Waals surface area contributed by atoms with Gasteiger partial charge in [-0.1, -0.05) is 47.3 Å². The van der Waals surface area contributed by atoms with E-state index in [1.54, 1.807) is 0 Å². The quantitative estimate of drug-likeness (QED) is 0.867. The van der Waals surface area contributed by atoms with Crippen LogP contribution in [0.1, 0.15) is 43.8 Å². The molecular formula is C16H19BrN2O. The predicted molar refractivity (Wildman–Crippen MR) is 85.0 cm³/mol. The van der Waals surface area contributed by atoms with E-state index in [0.29, 0.717) is 6.04 Å². The summed E-state index contributed by atoms with van der Waals surface area (Å²) >= 11 is 3.43. The molecule has 0 atom stereocenters. The summed E-state index contributed by atoms with van der Waals surface area (Å²) in [7, 11) is 0. The Hall–Kier alpha value is -1.29. The highest BCUT2D eigenvalue weighted by Gasteiger charge is 2.20. The first-order chi connectivity index (χ1) is 9.66. The number of hydrogen-bond acceptors (Lipinski definition) is 1. The van der Waals surface area contributed by atoms with Gasteiger partial charge in [-0.15, -0.1) is 0 Å². The van der Waals surface area contributed by atoms with E-state index < -0.39 is 0 Å². The van der Waals surface area contributed by atoms with Crippen LogP contribution in [0.5, 0.6) is 0 Å². The number of nitrogens with zero attached hydrogens (tertiary/aromatic N) is 1. The van der Waals surface area contributed by atoms with Gasteiger partial charge >= 0.3 is 0 Å². The molecule has 0 aliphatic heterocycles. The van der Waals surface area contributed by atoms with E-state index in [0.717, 1.165) is 21.3 Å². The summed E-state index contributed by atoms with van der Waals surface area (Å²) in [5.74, 6) is 0. The SMILES string of the molecule is Cc1c(-c2ccc(Br)cc2)c(=O)[nH]n1C1CCCCC1. The number of halogens is 1. The number of H-pyrrole nitrogens is 1. The molecule has 3 rings (SSSR count). The smallest absolute Gasteiger partial charge is 0.272 e. The molecule has 20 heavy (non-hydrogen) atoms. The summed E-state index contributed by atoms with van der Waals surface area (Å²) in [5, 5.41) is 3.05. The van der Waals surface area contributed by atoms with Crippen LogP contribution >= 0.6 is 15.9 Å². The molecule has 106 valence electrons. The fourth-order valence-electron chi connectivity index (χ4n) is 3.19. The third-order valence-electron chi connectivity index (χ3n) is 4.24. The van der Waals surface area contributed by atoms with Gasteiger partial charge in [-0.05, 0) is 37.5 Å². The van der Waals surface area contributed by atoms with E-state index in [4.69, 9.17) is 0 Å². The molecule has 1 aromatic heterocycles. The molecule has 1 fully saturated rings. The normalized spacial score (nSPS) is 16.5. The first-order valence-corrected chi connectivity index (χ1v) is 8.03. The van der Waals surface area contributed by atoms with Gasteiger partial charge in [0.1, 0.15) is 0 Å². The second kappa shape index (κ2) is 5.60. The maximum absolute atomic E-state index is 12.3. The van der Waals surface area contributed by atoms with Crippen LogP contribution in [0, 0.1) is 6.92 Å². The molecule has 1 aliphatic carbocycles. The fraction of sp³-hybridized carbons (Fsp3) is 0.438. The van der Waals surface area contributed by atoms with Gasteiger partial charge in [0.2, 0.25) is 0 Å². The fourth-order valence-corrected chi connectivity index (χ4v) is 3.46. The number of benzene rings is 1. The molecule has 1 heterocycles. The van der Waals surface area contributed by atoms with Gasteiger partial charge in [0, 0.05) is 10.2 Å². The minimum atomic E-state index is 0.0235. The van der Waals surface area contributed by atoms with Crippen molar-refractivity contribution in [2.75, 3.05) is 0 Å². The number of nitrogens with one attached hydrogen (secondary N) is 1. The molecule has 0 spiro atoms. The highest BCUT2D eigenvalue weighted by molar-refractivity contribution is 9.10. The Labute approximate surface area is 127 Å². The van der Waals surface area contributed by atoms with Gasteiger partial charge in [0.15, 0.2) is 0 Å². The Morgan fingerprint density at radius 2 is 1.80 bits per heavy atom. The largest absolute Gasteiger partial charge is 0.286 e. The standard InChI is InChI=1S/C16H19BrN2O/c1-11-15(12-7-9-13(17)10-8-12)16(20)18-19(11)14-5-3-2-4-6-14/h7-10,14H,2-6H2,1H3,(H,18,20). The first kappa shape index (κ1) is 13.7. The van der Waals surface area contributed by atoms with Crippen LogP contribution in [-0.2, 0) is 0 Å². The lowest BCUT2D eigenvalue weighted by molar-refractivity contribution is 0.324. The zero-order chi connectivity index (χ0) is 14.1. The van der Waals surface area contributed by atoms with Gasteiger partial charge in [0.25, 0.3) is 5.56 Å². The first-order valence-electron chi connectivity index (χ1n) is 7.24. The summed E-state index contributed by atoms with van der Waals surface area (Å²) in [6, 6.07) is 8.40. The van der Waals surface area contributed by atoms with Crippen molar-refractivity contribution in [3.63, 3.8) is 0 Å². The van der Waals surface area contributed by atoms with Crippen molar-refractivity contribution in [3.8, 4) is 11.1 Å². The molecule has 0 amide bonds. The topological polar surface area (TPSA) is 37.8 Å². The summed E-state index contributed by atoms with van der Waals surface area (Å²) in [4.78, 5) is 12.3. The third-order valence-corrected chi connectivity index (χ3v) is 4.77. The Balaban J connectivity index is 2.02. The monoisotopic (exact) mass is 334 g/mol. The zero-order valence-corrected chi connectivity index (χ0v) is 13.2. The zero-order valence-electron chi connectivity index (χ0n) is 11.7. The molecule has 0 unspecified atom stereocenters. The van der Waals surface area contributed by atoms with E-state index in [1.807, 2.05) is 31.2 Å². The van der Waals surface area contributed by atoms with Crippen molar-refractivity contribution in [1.82, 2.24) is 9.78 Å².